The lowest BCUT2D eigenvalue weighted by Crippen LogP contribution is -2.32. The van der Waals surface area contributed by atoms with Gasteiger partial charge in [0.05, 0.1) is 13.0 Å². The van der Waals surface area contributed by atoms with Gasteiger partial charge in [-0.2, -0.15) is 0 Å². The van der Waals surface area contributed by atoms with Gasteiger partial charge < -0.3 is 15.0 Å². The lowest BCUT2D eigenvalue weighted by atomic mass is 10.1. The zero-order valence-electron chi connectivity index (χ0n) is 18.1. The molecule has 30 heavy (non-hydrogen) atoms. The quantitative estimate of drug-likeness (QED) is 0.691. The third-order valence-corrected chi connectivity index (χ3v) is 5.65. The summed E-state index contributed by atoms with van der Waals surface area (Å²) in [6, 6.07) is 15.7. The topological polar surface area (TPSA) is 61.9 Å². The van der Waals surface area contributed by atoms with E-state index < -0.39 is 0 Å². The normalized spacial score (nSPS) is 16.2. The minimum atomic E-state index is -0.342. The number of carbonyl (C=O) groups excluding carboxylic acids is 2. The predicted molar refractivity (Wildman–Crippen MR) is 118 cm³/mol. The van der Waals surface area contributed by atoms with Crippen molar-refractivity contribution >= 4 is 17.5 Å². The van der Waals surface area contributed by atoms with Gasteiger partial charge in [-0.05, 0) is 36.3 Å². The molecule has 0 saturated carbocycles. The summed E-state index contributed by atoms with van der Waals surface area (Å²) in [6.07, 6.45) is 0.228. The number of amides is 2. The van der Waals surface area contributed by atoms with E-state index in [1.54, 1.807) is 12.0 Å². The molecule has 1 aliphatic heterocycles. The fourth-order valence-corrected chi connectivity index (χ4v) is 3.71. The number of hydrogen-bond acceptors (Lipinski definition) is 4. The van der Waals surface area contributed by atoms with E-state index in [4.69, 9.17) is 4.74 Å². The van der Waals surface area contributed by atoms with Crippen molar-refractivity contribution in [1.82, 2.24) is 10.2 Å². The van der Waals surface area contributed by atoms with Gasteiger partial charge in [-0.25, -0.2) is 0 Å². The molecule has 0 spiro atoms. The molecule has 0 aliphatic carbocycles. The molecular formula is C24H31N3O3. The van der Waals surface area contributed by atoms with Crippen molar-refractivity contribution in [3.05, 3.63) is 59.7 Å². The Balaban J connectivity index is 1.53. The molecule has 0 radical (unpaired) electrons. The maximum atomic E-state index is 12.6. The molecule has 1 saturated heterocycles. The number of rotatable bonds is 9. The Hall–Kier alpha value is -2.86. The first-order valence-electron chi connectivity index (χ1n) is 10.6. The van der Waals surface area contributed by atoms with Crippen LogP contribution in [0, 0.1) is 5.92 Å². The van der Waals surface area contributed by atoms with E-state index in [1.807, 2.05) is 24.3 Å². The molecule has 3 rings (SSSR count). The summed E-state index contributed by atoms with van der Waals surface area (Å²) < 4.78 is 5.23. The number of methoxy groups -OCH3 is 1. The lowest BCUT2D eigenvalue weighted by molar-refractivity contribution is -0.126. The molecule has 160 valence electrons. The molecule has 1 N–H and O–H groups in total. The summed E-state index contributed by atoms with van der Waals surface area (Å²) in [6.45, 7) is 8.17. The molecule has 1 unspecified atom stereocenters. The molecule has 1 aliphatic rings. The maximum Gasteiger partial charge on any atom is 0.227 e. The molecule has 0 bridgehead atoms. The van der Waals surface area contributed by atoms with Crippen LogP contribution < -0.4 is 15.0 Å². The monoisotopic (exact) mass is 409 g/mol. The third-order valence-electron chi connectivity index (χ3n) is 5.65. The van der Waals surface area contributed by atoms with Crippen LogP contribution in [0.2, 0.25) is 0 Å². The molecule has 2 aromatic rings. The minimum Gasteiger partial charge on any atom is -0.497 e. The first kappa shape index (κ1) is 21.8. The lowest BCUT2D eigenvalue weighted by Gasteiger charge is -2.18. The fourth-order valence-electron chi connectivity index (χ4n) is 3.71. The zero-order chi connectivity index (χ0) is 21.5. The molecular weight excluding hydrogens is 378 g/mol. The van der Waals surface area contributed by atoms with Crippen molar-refractivity contribution in [2.75, 3.05) is 31.6 Å². The van der Waals surface area contributed by atoms with E-state index in [9.17, 15) is 9.59 Å². The Bertz CT molecular complexity index is 862. The van der Waals surface area contributed by atoms with Crippen molar-refractivity contribution in [1.29, 1.82) is 0 Å². The summed E-state index contributed by atoms with van der Waals surface area (Å²) in [7, 11) is 1.59. The Morgan fingerprint density at radius 1 is 1.13 bits per heavy atom. The largest absolute Gasteiger partial charge is 0.497 e. The number of anilines is 1. The highest BCUT2D eigenvalue weighted by Gasteiger charge is 2.35. The van der Waals surface area contributed by atoms with Gasteiger partial charge in [0.2, 0.25) is 11.8 Å². The molecule has 6 nitrogen and oxygen atoms in total. The van der Waals surface area contributed by atoms with Crippen LogP contribution in [0.3, 0.4) is 0 Å². The number of nitrogens with one attached hydrogen (secondary N) is 1. The van der Waals surface area contributed by atoms with Crippen molar-refractivity contribution in [2.45, 2.75) is 33.4 Å². The second-order valence-electron chi connectivity index (χ2n) is 7.60. The average molecular weight is 410 g/mol. The first-order chi connectivity index (χ1) is 14.5. The number of benzene rings is 2. The van der Waals surface area contributed by atoms with E-state index in [2.05, 4.69) is 48.3 Å². The maximum absolute atomic E-state index is 12.6. The van der Waals surface area contributed by atoms with E-state index in [0.717, 1.165) is 30.9 Å². The second kappa shape index (κ2) is 10.3. The van der Waals surface area contributed by atoms with Crippen molar-refractivity contribution < 1.29 is 14.3 Å². The highest BCUT2D eigenvalue weighted by molar-refractivity contribution is 6.00. The molecule has 1 heterocycles. The minimum absolute atomic E-state index is 0.0378. The Kier molecular flexibility index (Phi) is 7.46. The van der Waals surface area contributed by atoms with Gasteiger partial charge in [0, 0.05) is 37.8 Å². The number of ether oxygens (including phenoxy) is 1. The summed E-state index contributed by atoms with van der Waals surface area (Å²) in [5, 5.41) is 2.99. The van der Waals surface area contributed by atoms with Crippen LogP contribution in [0.5, 0.6) is 5.75 Å². The van der Waals surface area contributed by atoms with Gasteiger partial charge in [0.1, 0.15) is 5.75 Å². The SMILES string of the molecule is CCN(CC)Cc1ccc(CNC(=O)C2CC(=O)N(c3cccc(OC)c3)C2)cc1. The van der Waals surface area contributed by atoms with E-state index in [1.165, 1.54) is 5.56 Å². The van der Waals surface area contributed by atoms with Crippen LogP contribution in [0.4, 0.5) is 5.69 Å². The summed E-state index contributed by atoms with van der Waals surface area (Å²) in [4.78, 5) is 29.1. The summed E-state index contributed by atoms with van der Waals surface area (Å²) in [5.41, 5.74) is 3.09. The van der Waals surface area contributed by atoms with Gasteiger partial charge in [-0.1, -0.05) is 44.2 Å². The van der Waals surface area contributed by atoms with E-state index >= 15 is 0 Å². The van der Waals surface area contributed by atoms with Gasteiger partial charge in [0.25, 0.3) is 0 Å². The Morgan fingerprint density at radius 3 is 2.50 bits per heavy atom. The molecule has 1 atom stereocenters. The van der Waals surface area contributed by atoms with Crippen LogP contribution in [-0.4, -0.2) is 43.5 Å². The van der Waals surface area contributed by atoms with Crippen molar-refractivity contribution in [3.63, 3.8) is 0 Å². The summed E-state index contributed by atoms with van der Waals surface area (Å²) in [5.74, 6) is 0.230. The molecule has 0 aromatic heterocycles. The van der Waals surface area contributed by atoms with E-state index in [0.29, 0.717) is 18.8 Å². The van der Waals surface area contributed by atoms with Crippen molar-refractivity contribution in [2.24, 2.45) is 5.92 Å². The standard InChI is InChI=1S/C24H31N3O3/c1-4-26(5-2)16-19-11-9-18(10-12-19)15-25-24(29)20-13-23(28)27(17-20)21-7-6-8-22(14-21)30-3/h6-12,14,20H,4-5,13,15-17H2,1-3H3,(H,25,29). The number of hydrogen-bond donors (Lipinski definition) is 1. The van der Waals surface area contributed by atoms with Gasteiger partial charge in [-0.3, -0.25) is 14.5 Å². The van der Waals surface area contributed by atoms with E-state index in [-0.39, 0.29) is 24.2 Å². The average Bonchev–Trinajstić information content (AvgIpc) is 3.18. The Labute approximate surface area is 178 Å². The third kappa shape index (κ3) is 5.39. The molecule has 2 aromatic carbocycles. The van der Waals surface area contributed by atoms with Gasteiger partial charge >= 0.3 is 0 Å². The number of carbonyl (C=O) groups is 2. The smallest absolute Gasteiger partial charge is 0.227 e. The van der Waals surface area contributed by atoms with Gasteiger partial charge in [-0.15, -0.1) is 0 Å². The van der Waals surface area contributed by atoms with Crippen molar-refractivity contribution in [3.8, 4) is 5.75 Å². The zero-order valence-corrected chi connectivity index (χ0v) is 18.1. The van der Waals surface area contributed by atoms with Gasteiger partial charge in [0.15, 0.2) is 0 Å². The van der Waals surface area contributed by atoms with Crippen LogP contribution in [0.15, 0.2) is 48.5 Å². The molecule has 1 fully saturated rings. The predicted octanol–water partition coefficient (Wildman–Crippen LogP) is 3.21. The summed E-state index contributed by atoms with van der Waals surface area (Å²) >= 11 is 0. The number of nitrogens with zero attached hydrogens (tertiary/aromatic N) is 2. The van der Waals surface area contributed by atoms with Crippen LogP contribution in [0.25, 0.3) is 0 Å². The van der Waals surface area contributed by atoms with Crippen LogP contribution >= 0.6 is 0 Å². The van der Waals surface area contributed by atoms with Crippen LogP contribution in [-0.2, 0) is 22.7 Å². The highest BCUT2D eigenvalue weighted by Crippen LogP contribution is 2.28. The van der Waals surface area contributed by atoms with Crippen LogP contribution in [0.1, 0.15) is 31.4 Å². The Morgan fingerprint density at radius 2 is 1.83 bits per heavy atom. The highest BCUT2D eigenvalue weighted by atomic mass is 16.5. The fraction of sp³-hybridized carbons (Fsp3) is 0.417. The second-order valence-corrected chi connectivity index (χ2v) is 7.60. The first-order valence-corrected chi connectivity index (χ1v) is 10.6. The molecule has 6 heteroatoms. The molecule has 2 amide bonds.